The van der Waals surface area contributed by atoms with E-state index < -0.39 is 0 Å². The van der Waals surface area contributed by atoms with Gasteiger partial charge in [-0.05, 0) is 12.1 Å². The maximum Gasteiger partial charge on any atom is 0.140 e. The predicted octanol–water partition coefficient (Wildman–Crippen LogP) is 0.788. The minimum absolute atomic E-state index is 0.339. The van der Waals surface area contributed by atoms with Crippen LogP contribution in [0.1, 0.15) is 5.69 Å². The van der Waals surface area contributed by atoms with Gasteiger partial charge >= 0.3 is 0 Å². The lowest BCUT2D eigenvalue weighted by Gasteiger charge is -2.39. The number of nitrogens with zero attached hydrogens (tertiary/aromatic N) is 3. The van der Waals surface area contributed by atoms with Crippen LogP contribution in [-0.4, -0.2) is 31.3 Å². The van der Waals surface area contributed by atoms with Crippen molar-refractivity contribution in [2.45, 2.75) is 6.10 Å². The van der Waals surface area contributed by atoms with Crippen molar-refractivity contribution >= 4 is 5.69 Å². The van der Waals surface area contributed by atoms with E-state index in [4.69, 9.17) is 10.00 Å². The van der Waals surface area contributed by atoms with Gasteiger partial charge in [-0.15, -0.1) is 0 Å². The summed E-state index contributed by atoms with van der Waals surface area (Å²) in [4.78, 5) is 6.18. The molecule has 4 nitrogen and oxygen atoms in total. The van der Waals surface area contributed by atoms with Crippen LogP contribution in [-0.2, 0) is 4.74 Å². The number of pyridine rings is 1. The molecule has 0 atom stereocenters. The Kier molecular flexibility index (Phi) is 2.33. The second kappa shape index (κ2) is 3.64. The van der Waals surface area contributed by atoms with Crippen molar-refractivity contribution in [1.82, 2.24) is 4.98 Å². The maximum absolute atomic E-state index is 8.57. The molecule has 1 fully saturated rings. The van der Waals surface area contributed by atoms with E-state index in [-0.39, 0.29) is 0 Å². The lowest BCUT2D eigenvalue weighted by Crippen LogP contribution is -2.51. The molecule has 0 aromatic carbocycles. The summed E-state index contributed by atoms with van der Waals surface area (Å²) in [5.41, 5.74) is 1.51. The number of hydrogen-bond acceptors (Lipinski definition) is 4. The van der Waals surface area contributed by atoms with Crippen LogP contribution in [0, 0.1) is 11.3 Å². The summed E-state index contributed by atoms with van der Waals surface area (Å²) in [6, 6.07) is 5.64. The van der Waals surface area contributed by atoms with Crippen LogP contribution in [0.4, 0.5) is 5.69 Å². The van der Waals surface area contributed by atoms with Crippen LogP contribution in [0.15, 0.2) is 18.3 Å². The molecule has 0 aliphatic carbocycles. The molecule has 1 saturated heterocycles. The first-order valence-corrected chi connectivity index (χ1v) is 4.47. The van der Waals surface area contributed by atoms with Gasteiger partial charge in [-0.25, -0.2) is 4.98 Å². The molecule has 0 saturated carbocycles. The van der Waals surface area contributed by atoms with E-state index in [0.29, 0.717) is 11.8 Å². The number of rotatable bonds is 2. The van der Waals surface area contributed by atoms with Crippen LogP contribution in [0.25, 0.3) is 0 Å². The lowest BCUT2D eigenvalue weighted by atomic mass is 10.1. The van der Waals surface area contributed by atoms with Crippen molar-refractivity contribution < 1.29 is 4.74 Å². The summed E-state index contributed by atoms with van der Waals surface area (Å²) in [6.07, 6.45) is 2.07. The van der Waals surface area contributed by atoms with Crippen LogP contribution >= 0.6 is 0 Å². The van der Waals surface area contributed by atoms with Crippen molar-refractivity contribution in [1.29, 1.82) is 5.26 Å². The molecule has 0 amide bonds. The Hall–Kier alpha value is -1.60. The highest BCUT2D eigenvalue weighted by atomic mass is 16.5. The molecule has 72 valence electrons. The van der Waals surface area contributed by atoms with Gasteiger partial charge in [0.2, 0.25) is 0 Å². The second-order valence-electron chi connectivity index (χ2n) is 3.28. The third-order valence-electron chi connectivity index (χ3n) is 2.41. The molecule has 4 heteroatoms. The molecule has 2 heterocycles. The Morgan fingerprint density at radius 1 is 1.57 bits per heavy atom. The summed E-state index contributed by atoms with van der Waals surface area (Å²) in [5, 5.41) is 8.57. The van der Waals surface area contributed by atoms with Crippen LogP contribution < -0.4 is 4.90 Å². The van der Waals surface area contributed by atoms with Crippen molar-refractivity contribution in [3.63, 3.8) is 0 Å². The summed E-state index contributed by atoms with van der Waals surface area (Å²) in [7, 11) is 1.72. The zero-order chi connectivity index (χ0) is 9.97. The molecule has 0 N–H and O–H groups in total. The molecule has 1 aliphatic rings. The number of hydrogen-bond donors (Lipinski definition) is 0. The standard InChI is InChI=1S/C10H11N3O/c1-14-10-6-13(7-10)9-3-2-8(4-11)12-5-9/h2-3,5,10H,6-7H2,1H3. The molecular formula is C10H11N3O. The first kappa shape index (κ1) is 8.97. The Balaban J connectivity index is 2.02. The molecule has 1 aliphatic heterocycles. The molecule has 2 rings (SSSR count). The quantitative estimate of drug-likeness (QED) is 0.690. The summed E-state index contributed by atoms with van der Waals surface area (Å²) in [5.74, 6) is 0. The van der Waals surface area contributed by atoms with E-state index in [1.807, 2.05) is 12.1 Å². The second-order valence-corrected chi connectivity index (χ2v) is 3.28. The van der Waals surface area contributed by atoms with Gasteiger partial charge in [-0.1, -0.05) is 0 Å². The van der Waals surface area contributed by atoms with Crippen molar-refractivity contribution in [2.75, 3.05) is 25.1 Å². The fourth-order valence-corrected chi connectivity index (χ4v) is 1.44. The summed E-state index contributed by atoms with van der Waals surface area (Å²) in [6.45, 7) is 1.81. The number of methoxy groups -OCH3 is 1. The lowest BCUT2D eigenvalue weighted by molar-refractivity contribution is 0.0787. The Morgan fingerprint density at radius 2 is 2.36 bits per heavy atom. The van der Waals surface area contributed by atoms with Gasteiger partial charge in [0.15, 0.2) is 0 Å². The normalized spacial score (nSPS) is 16.1. The van der Waals surface area contributed by atoms with Crippen molar-refractivity contribution in [3.05, 3.63) is 24.0 Å². The minimum atomic E-state index is 0.339. The Labute approximate surface area is 82.7 Å². The summed E-state index contributed by atoms with van der Waals surface area (Å²) >= 11 is 0. The number of nitriles is 1. The maximum atomic E-state index is 8.57. The smallest absolute Gasteiger partial charge is 0.140 e. The van der Waals surface area contributed by atoms with E-state index in [2.05, 4.69) is 9.88 Å². The molecule has 1 aromatic heterocycles. The molecule has 14 heavy (non-hydrogen) atoms. The third-order valence-corrected chi connectivity index (χ3v) is 2.41. The van der Waals surface area contributed by atoms with E-state index in [9.17, 15) is 0 Å². The highest BCUT2D eigenvalue weighted by molar-refractivity contribution is 5.48. The minimum Gasteiger partial charge on any atom is -0.378 e. The topological polar surface area (TPSA) is 49.1 Å². The monoisotopic (exact) mass is 189 g/mol. The Bertz CT molecular complexity index is 349. The van der Waals surface area contributed by atoms with Gasteiger partial charge in [0.25, 0.3) is 0 Å². The zero-order valence-electron chi connectivity index (χ0n) is 7.97. The highest BCUT2D eigenvalue weighted by Crippen LogP contribution is 2.20. The average molecular weight is 189 g/mol. The van der Waals surface area contributed by atoms with E-state index in [0.717, 1.165) is 18.8 Å². The van der Waals surface area contributed by atoms with Crippen LogP contribution in [0.3, 0.4) is 0 Å². The van der Waals surface area contributed by atoms with Crippen LogP contribution in [0.5, 0.6) is 0 Å². The van der Waals surface area contributed by atoms with E-state index in [1.165, 1.54) is 0 Å². The third kappa shape index (κ3) is 1.54. The van der Waals surface area contributed by atoms with Crippen LogP contribution in [0.2, 0.25) is 0 Å². The van der Waals surface area contributed by atoms with E-state index in [1.54, 1.807) is 19.4 Å². The molecule has 0 unspecified atom stereocenters. The van der Waals surface area contributed by atoms with Gasteiger partial charge in [-0.3, -0.25) is 0 Å². The predicted molar refractivity (Wildman–Crippen MR) is 52.0 cm³/mol. The molecule has 1 aromatic rings. The zero-order valence-corrected chi connectivity index (χ0v) is 7.97. The first-order valence-electron chi connectivity index (χ1n) is 4.47. The number of aromatic nitrogens is 1. The fraction of sp³-hybridized carbons (Fsp3) is 0.400. The van der Waals surface area contributed by atoms with Crippen molar-refractivity contribution in [3.8, 4) is 6.07 Å². The molecule has 0 bridgehead atoms. The van der Waals surface area contributed by atoms with Gasteiger partial charge in [0.1, 0.15) is 11.8 Å². The molecule has 0 radical (unpaired) electrons. The Morgan fingerprint density at radius 3 is 2.86 bits per heavy atom. The first-order chi connectivity index (χ1) is 6.83. The van der Waals surface area contributed by atoms with Gasteiger partial charge in [-0.2, -0.15) is 5.26 Å². The number of ether oxygens (including phenoxy) is 1. The SMILES string of the molecule is COC1CN(c2ccc(C#N)nc2)C1. The van der Waals surface area contributed by atoms with Gasteiger partial charge in [0.05, 0.1) is 18.0 Å². The highest BCUT2D eigenvalue weighted by Gasteiger charge is 2.26. The van der Waals surface area contributed by atoms with Gasteiger partial charge < -0.3 is 9.64 Å². The van der Waals surface area contributed by atoms with E-state index >= 15 is 0 Å². The largest absolute Gasteiger partial charge is 0.378 e. The fourth-order valence-electron chi connectivity index (χ4n) is 1.44. The van der Waals surface area contributed by atoms with Crippen molar-refractivity contribution in [2.24, 2.45) is 0 Å². The van der Waals surface area contributed by atoms with Gasteiger partial charge in [0, 0.05) is 20.2 Å². The molecule has 0 spiro atoms. The summed E-state index contributed by atoms with van der Waals surface area (Å²) < 4.78 is 5.17. The molecular weight excluding hydrogens is 178 g/mol. The number of anilines is 1. The average Bonchev–Trinajstić information content (AvgIpc) is 2.17.